The van der Waals surface area contributed by atoms with Crippen LogP contribution in [0.2, 0.25) is 0 Å². The predicted molar refractivity (Wildman–Crippen MR) is 163 cm³/mol. The van der Waals surface area contributed by atoms with Crippen molar-refractivity contribution in [2.75, 3.05) is 6.54 Å². The molecule has 0 aliphatic carbocycles. The van der Waals surface area contributed by atoms with Gasteiger partial charge in [0.05, 0.1) is 5.84 Å². The standard InChI is InChI=1S/C31H48N6O6/c1-20(13-12-18-33-21(2)32)26-36-27(43-37-26)23(16-17-25(38)41-30(3,4)5)34-29(40)35-24(28(39)42-31(6,7)8)19-22-14-10-9-11-15-22/h9-11,14-15,20,23-24H,12-13,16-19H2,1-8H3,(H2,32,33)(H2,34,35,40)/t20-,23-,24-/m0/s1. The number of urea groups is 1. The number of rotatable bonds is 14. The summed E-state index contributed by atoms with van der Waals surface area (Å²) in [6, 6.07) is 6.87. The molecule has 0 aliphatic rings. The summed E-state index contributed by atoms with van der Waals surface area (Å²) in [5.74, 6) is -0.0129. The van der Waals surface area contributed by atoms with E-state index in [0.29, 0.717) is 18.2 Å². The monoisotopic (exact) mass is 600 g/mol. The Kier molecular flexibility index (Phi) is 13.1. The van der Waals surface area contributed by atoms with E-state index in [9.17, 15) is 14.4 Å². The van der Waals surface area contributed by atoms with Gasteiger partial charge in [0.1, 0.15) is 23.3 Å². The lowest BCUT2D eigenvalue weighted by Crippen LogP contribution is -2.49. The quantitative estimate of drug-likeness (QED) is 0.101. The minimum atomic E-state index is -0.968. The number of nitrogens with zero attached hydrogens (tertiary/aromatic N) is 2. The third kappa shape index (κ3) is 14.2. The number of carbonyl (C=O) groups is 3. The largest absolute Gasteiger partial charge is 0.460 e. The number of aromatic nitrogens is 2. The normalized spacial score (nSPS) is 13.8. The Morgan fingerprint density at radius 1 is 0.977 bits per heavy atom. The van der Waals surface area contributed by atoms with Gasteiger partial charge in [-0.2, -0.15) is 4.98 Å². The highest BCUT2D eigenvalue weighted by molar-refractivity contribution is 5.84. The Balaban J connectivity index is 2.20. The van der Waals surface area contributed by atoms with E-state index in [1.54, 1.807) is 48.5 Å². The number of hydrogen-bond donors (Lipinski definition) is 4. The fourth-order valence-corrected chi connectivity index (χ4v) is 4.09. The van der Waals surface area contributed by atoms with Crippen molar-refractivity contribution >= 4 is 23.8 Å². The van der Waals surface area contributed by atoms with Crippen LogP contribution in [0.15, 0.2) is 34.9 Å². The van der Waals surface area contributed by atoms with Crippen molar-refractivity contribution in [2.24, 2.45) is 0 Å². The molecule has 4 N–H and O–H groups in total. The molecule has 43 heavy (non-hydrogen) atoms. The summed E-state index contributed by atoms with van der Waals surface area (Å²) in [7, 11) is 0. The van der Waals surface area contributed by atoms with Crippen LogP contribution in [0.5, 0.6) is 0 Å². The van der Waals surface area contributed by atoms with Crippen LogP contribution in [0.3, 0.4) is 0 Å². The second-order valence-corrected chi connectivity index (χ2v) is 12.7. The fourth-order valence-electron chi connectivity index (χ4n) is 4.09. The number of esters is 2. The molecule has 12 heteroatoms. The summed E-state index contributed by atoms with van der Waals surface area (Å²) in [6.45, 7) is 14.9. The third-order valence-corrected chi connectivity index (χ3v) is 6.04. The van der Waals surface area contributed by atoms with Crippen molar-refractivity contribution in [1.82, 2.24) is 26.1 Å². The van der Waals surface area contributed by atoms with E-state index in [-0.39, 0.29) is 31.1 Å². The smallest absolute Gasteiger partial charge is 0.329 e. The SMILES string of the molecule is CC(=N)NCCC[C@H](C)c1noc([C@H](CCC(=O)OC(C)(C)C)NC(=O)N[C@@H](Cc2ccccc2)C(=O)OC(C)(C)C)n1. The lowest BCUT2D eigenvalue weighted by molar-refractivity contribution is -0.157. The predicted octanol–water partition coefficient (Wildman–Crippen LogP) is 4.96. The highest BCUT2D eigenvalue weighted by Gasteiger charge is 2.30. The maximum Gasteiger partial charge on any atom is 0.329 e. The molecular weight excluding hydrogens is 552 g/mol. The lowest BCUT2D eigenvalue weighted by Gasteiger charge is -2.25. The van der Waals surface area contributed by atoms with Crippen LogP contribution < -0.4 is 16.0 Å². The van der Waals surface area contributed by atoms with Crippen LogP contribution in [0.1, 0.15) is 110 Å². The second kappa shape index (κ2) is 16.0. The third-order valence-electron chi connectivity index (χ3n) is 6.04. The molecule has 0 radical (unpaired) electrons. The van der Waals surface area contributed by atoms with E-state index in [4.69, 9.17) is 19.4 Å². The molecule has 2 amide bonds. The molecule has 238 valence electrons. The molecule has 1 aromatic heterocycles. The number of benzene rings is 1. The molecule has 2 aromatic rings. The van der Waals surface area contributed by atoms with Gasteiger partial charge in [0.25, 0.3) is 0 Å². The van der Waals surface area contributed by atoms with Gasteiger partial charge in [-0.05, 0) is 73.3 Å². The Labute approximate surface area is 254 Å². The Morgan fingerprint density at radius 3 is 2.23 bits per heavy atom. The van der Waals surface area contributed by atoms with Gasteiger partial charge in [0, 0.05) is 25.3 Å². The average Bonchev–Trinajstić information content (AvgIpc) is 3.37. The van der Waals surface area contributed by atoms with Gasteiger partial charge in [-0.1, -0.05) is 42.4 Å². The zero-order chi connectivity index (χ0) is 32.2. The molecule has 2 rings (SSSR count). The fraction of sp³-hybridized carbons (Fsp3) is 0.613. The van der Waals surface area contributed by atoms with Crippen molar-refractivity contribution in [1.29, 1.82) is 5.41 Å². The maximum atomic E-state index is 13.3. The van der Waals surface area contributed by atoms with Crippen LogP contribution >= 0.6 is 0 Å². The number of amides is 2. The zero-order valence-electron chi connectivity index (χ0n) is 26.7. The van der Waals surface area contributed by atoms with E-state index < -0.39 is 41.3 Å². The maximum absolute atomic E-state index is 13.3. The van der Waals surface area contributed by atoms with Gasteiger partial charge in [0.2, 0.25) is 5.89 Å². The Hall–Kier alpha value is -3.96. The topological polar surface area (TPSA) is 169 Å². The summed E-state index contributed by atoms with van der Waals surface area (Å²) >= 11 is 0. The molecule has 0 aliphatic heterocycles. The summed E-state index contributed by atoms with van der Waals surface area (Å²) in [5.41, 5.74) is -0.555. The van der Waals surface area contributed by atoms with Crippen LogP contribution in [0.4, 0.5) is 4.79 Å². The van der Waals surface area contributed by atoms with Crippen molar-refractivity contribution < 1.29 is 28.4 Å². The number of hydrogen-bond acceptors (Lipinski definition) is 9. The van der Waals surface area contributed by atoms with Gasteiger partial charge < -0.3 is 29.9 Å². The minimum absolute atomic E-state index is 0.0103. The molecule has 0 spiro atoms. The number of nitrogens with one attached hydrogen (secondary N) is 4. The van der Waals surface area contributed by atoms with Gasteiger partial charge in [-0.3, -0.25) is 10.2 Å². The van der Waals surface area contributed by atoms with E-state index in [0.717, 1.165) is 18.4 Å². The van der Waals surface area contributed by atoms with E-state index in [2.05, 4.69) is 26.1 Å². The highest BCUT2D eigenvalue weighted by Crippen LogP contribution is 2.23. The first-order chi connectivity index (χ1) is 20.0. The molecule has 1 aromatic carbocycles. The first-order valence-corrected chi connectivity index (χ1v) is 14.7. The van der Waals surface area contributed by atoms with Crippen LogP contribution in [-0.4, -0.2) is 57.7 Å². The molecule has 1 heterocycles. The Bertz CT molecular complexity index is 1200. The second-order valence-electron chi connectivity index (χ2n) is 12.7. The molecule has 12 nitrogen and oxygen atoms in total. The van der Waals surface area contributed by atoms with E-state index in [1.807, 2.05) is 37.3 Å². The lowest BCUT2D eigenvalue weighted by atomic mass is 10.0. The van der Waals surface area contributed by atoms with E-state index in [1.165, 1.54) is 0 Å². The van der Waals surface area contributed by atoms with Crippen molar-refractivity contribution in [2.45, 2.75) is 117 Å². The van der Waals surface area contributed by atoms with Crippen LogP contribution in [0.25, 0.3) is 0 Å². The summed E-state index contributed by atoms with van der Waals surface area (Å²) in [5, 5.41) is 20.1. The summed E-state index contributed by atoms with van der Waals surface area (Å²) < 4.78 is 16.6. The van der Waals surface area contributed by atoms with Crippen LogP contribution in [-0.2, 0) is 25.5 Å². The van der Waals surface area contributed by atoms with Gasteiger partial charge in [-0.15, -0.1) is 0 Å². The molecule has 0 saturated heterocycles. The summed E-state index contributed by atoms with van der Waals surface area (Å²) in [6.07, 6.45) is 1.91. The summed E-state index contributed by atoms with van der Waals surface area (Å²) in [4.78, 5) is 43.3. The average molecular weight is 601 g/mol. The first-order valence-electron chi connectivity index (χ1n) is 14.7. The highest BCUT2D eigenvalue weighted by atomic mass is 16.6. The minimum Gasteiger partial charge on any atom is -0.460 e. The number of carbonyl (C=O) groups excluding carboxylic acids is 3. The first kappa shape index (κ1) is 35.2. The number of ether oxygens (including phenoxy) is 2. The Morgan fingerprint density at radius 2 is 1.63 bits per heavy atom. The molecule has 3 atom stereocenters. The molecule has 0 fully saturated rings. The van der Waals surface area contributed by atoms with Gasteiger partial charge in [0.15, 0.2) is 5.82 Å². The van der Waals surface area contributed by atoms with Crippen molar-refractivity contribution in [3.63, 3.8) is 0 Å². The van der Waals surface area contributed by atoms with Gasteiger partial charge in [-0.25, -0.2) is 9.59 Å². The zero-order valence-corrected chi connectivity index (χ0v) is 26.7. The molecular formula is C31H48N6O6. The molecule has 0 saturated carbocycles. The number of amidine groups is 1. The molecule has 0 unspecified atom stereocenters. The van der Waals surface area contributed by atoms with E-state index >= 15 is 0 Å². The molecule has 0 bridgehead atoms. The van der Waals surface area contributed by atoms with Gasteiger partial charge >= 0.3 is 18.0 Å². The van der Waals surface area contributed by atoms with Crippen molar-refractivity contribution in [3.8, 4) is 0 Å². The van der Waals surface area contributed by atoms with Crippen molar-refractivity contribution in [3.05, 3.63) is 47.6 Å². The van der Waals surface area contributed by atoms with Crippen LogP contribution in [0, 0.1) is 5.41 Å².